The molecule has 0 radical (unpaired) electrons. The molecule has 7 heteroatoms. The summed E-state index contributed by atoms with van der Waals surface area (Å²) in [5, 5.41) is 13.6. The highest BCUT2D eigenvalue weighted by Gasteiger charge is 2.02. The van der Waals surface area contributed by atoms with Crippen LogP contribution in [0.5, 0.6) is 5.75 Å². The normalized spacial score (nSPS) is 10.0. The molecular formula is C15H22N2O5. The Bertz CT molecular complexity index is 462. The van der Waals surface area contributed by atoms with Gasteiger partial charge in [-0.25, -0.2) is 4.79 Å². The Hall–Kier alpha value is -2.28. The summed E-state index contributed by atoms with van der Waals surface area (Å²) in [5.41, 5.74) is 0.928. The third kappa shape index (κ3) is 8.11. The van der Waals surface area contributed by atoms with Gasteiger partial charge >= 0.3 is 12.0 Å². The number of carboxylic acid groups (broad SMARTS) is 1. The van der Waals surface area contributed by atoms with E-state index in [4.69, 9.17) is 14.6 Å². The molecule has 0 aliphatic rings. The SMILES string of the molecule is COCCCOc1ccc(CNC(=O)NCCC(=O)O)cc1. The molecule has 1 aromatic carbocycles. The molecule has 0 atom stereocenters. The van der Waals surface area contributed by atoms with E-state index in [0.717, 1.165) is 17.7 Å². The van der Waals surface area contributed by atoms with Crippen LogP contribution in [0.3, 0.4) is 0 Å². The van der Waals surface area contributed by atoms with Crippen LogP contribution in [0, 0.1) is 0 Å². The maximum atomic E-state index is 11.4. The second-order valence-electron chi connectivity index (χ2n) is 4.59. The smallest absolute Gasteiger partial charge is 0.315 e. The first kappa shape index (κ1) is 17.8. The molecule has 122 valence electrons. The van der Waals surface area contributed by atoms with E-state index in [1.54, 1.807) is 7.11 Å². The lowest BCUT2D eigenvalue weighted by Crippen LogP contribution is -2.36. The fourth-order valence-electron chi connectivity index (χ4n) is 1.62. The van der Waals surface area contributed by atoms with E-state index in [-0.39, 0.29) is 19.0 Å². The zero-order chi connectivity index (χ0) is 16.2. The minimum absolute atomic E-state index is 0.0947. The van der Waals surface area contributed by atoms with Crippen molar-refractivity contribution in [3.63, 3.8) is 0 Å². The number of ether oxygens (including phenoxy) is 2. The van der Waals surface area contributed by atoms with E-state index < -0.39 is 5.97 Å². The summed E-state index contributed by atoms with van der Waals surface area (Å²) in [6, 6.07) is 7.02. The molecule has 0 spiro atoms. The largest absolute Gasteiger partial charge is 0.494 e. The van der Waals surface area contributed by atoms with E-state index in [0.29, 0.717) is 19.8 Å². The van der Waals surface area contributed by atoms with Crippen molar-refractivity contribution in [2.75, 3.05) is 26.9 Å². The Morgan fingerprint density at radius 1 is 1.14 bits per heavy atom. The lowest BCUT2D eigenvalue weighted by molar-refractivity contribution is -0.136. The quantitative estimate of drug-likeness (QED) is 0.567. The summed E-state index contributed by atoms with van der Waals surface area (Å²) in [4.78, 5) is 21.7. The van der Waals surface area contributed by atoms with Crippen molar-refractivity contribution < 1.29 is 24.2 Å². The highest BCUT2D eigenvalue weighted by atomic mass is 16.5. The van der Waals surface area contributed by atoms with Crippen LogP contribution in [-0.2, 0) is 16.1 Å². The van der Waals surface area contributed by atoms with Gasteiger partial charge in [0.25, 0.3) is 0 Å². The summed E-state index contributed by atoms with van der Waals surface area (Å²) >= 11 is 0. The number of carboxylic acids is 1. The van der Waals surface area contributed by atoms with Gasteiger partial charge in [0, 0.05) is 33.2 Å². The molecule has 0 aliphatic heterocycles. The van der Waals surface area contributed by atoms with Crippen LogP contribution in [-0.4, -0.2) is 44.0 Å². The molecule has 7 nitrogen and oxygen atoms in total. The Kier molecular flexibility index (Phi) is 8.44. The van der Waals surface area contributed by atoms with Crippen molar-refractivity contribution in [2.45, 2.75) is 19.4 Å². The average Bonchev–Trinajstić information content (AvgIpc) is 2.50. The molecule has 22 heavy (non-hydrogen) atoms. The van der Waals surface area contributed by atoms with Crippen molar-refractivity contribution in [2.24, 2.45) is 0 Å². The standard InChI is InChI=1S/C15H22N2O5/c1-21-9-2-10-22-13-5-3-12(4-6-13)11-17-15(20)16-8-7-14(18)19/h3-6H,2,7-11H2,1H3,(H,18,19)(H2,16,17,20). The first-order chi connectivity index (χ1) is 10.6. The third-order valence-corrected chi connectivity index (χ3v) is 2.76. The first-order valence-electron chi connectivity index (χ1n) is 7.06. The van der Waals surface area contributed by atoms with Crippen LogP contribution in [0.2, 0.25) is 0 Å². The van der Waals surface area contributed by atoms with Gasteiger partial charge in [-0.3, -0.25) is 4.79 Å². The second-order valence-corrected chi connectivity index (χ2v) is 4.59. The lowest BCUT2D eigenvalue weighted by atomic mass is 10.2. The van der Waals surface area contributed by atoms with Gasteiger partial charge in [-0.15, -0.1) is 0 Å². The monoisotopic (exact) mass is 310 g/mol. The number of carbonyl (C=O) groups excluding carboxylic acids is 1. The van der Waals surface area contributed by atoms with E-state index >= 15 is 0 Å². The Balaban J connectivity index is 2.23. The first-order valence-corrected chi connectivity index (χ1v) is 7.06. The van der Waals surface area contributed by atoms with Gasteiger partial charge in [-0.1, -0.05) is 12.1 Å². The molecule has 0 saturated carbocycles. The molecular weight excluding hydrogens is 288 g/mol. The van der Waals surface area contributed by atoms with Crippen LogP contribution in [0.15, 0.2) is 24.3 Å². The summed E-state index contributed by atoms with van der Waals surface area (Å²) in [6.07, 6.45) is 0.735. The molecule has 0 unspecified atom stereocenters. The molecule has 0 aromatic heterocycles. The zero-order valence-corrected chi connectivity index (χ0v) is 12.6. The highest BCUT2D eigenvalue weighted by Crippen LogP contribution is 2.12. The van der Waals surface area contributed by atoms with E-state index in [1.165, 1.54) is 0 Å². The molecule has 2 amide bonds. The van der Waals surface area contributed by atoms with E-state index in [2.05, 4.69) is 10.6 Å². The number of hydrogen-bond acceptors (Lipinski definition) is 4. The molecule has 1 aromatic rings. The molecule has 3 N–H and O–H groups in total. The van der Waals surface area contributed by atoms with Gasteiger partial charge in [-0.2, -0.15) is 0 Å². The Morgan fingerprint density at radius 2 is 1.86 bits per heavy atom. The number of amides is 2. The summed E-state index contributed by atoms with van der Waals surface area (Å²) in [5.74, 6) is -0.174. The summed E-state index contributed by atoms with van der Waals surface area (Å²) in [6.45, 7) is 1.73. The highest BCUT2D eigenvalue weighted by molar-refractivity contribution is 5.74. The van der Waals surface area contributed by atoms with Crippen molar-refractivity contribution >= 4 is 12.0 Å². The number of aliphatic carboxylic acids is 1. The predicted molar refractivity (Wildman–Crippen MR) is 80.9 cm³/mol. The van der Waals surface area contributed by atoms with E-state index in [9.17, 15) is 9.59 Å². The lowest BCUT2D eigenvalue weighted by Gasteiger charge is -2.08. The predicted octanol–water partition coefficient (Wildman–Crippen LogP) is 1.38. The Labute approximate surface area is 129 Å². The molecule has 0 aliphatic carbocycles. The number of hydrogen-bond donors (Lipinski definition) is 3. The summed E-state index contributed by atoms with van der Waals surface area (Å²) < 4.78 is 10.5. The van der Waals surface area contributed by atoms with Gasteiger partial charge < -0.3 is 25.2 Å². The molecule has 1 rings (SSSR count). The summed E-state index contributed by atoms with van der Waals surface area (Å²) in [7, 11) is 1.65. The number of methoxy groups -OCH3 is 1. The van der Waals surface area contributed by atoms with Gasteiger partial charge in [0.2, 0.25) is 0 Å². The molecule has 0 heterocycles. The molecule has 0 bridgehead atoms. The van der Waals surface area contributed by atoms with E-state index in [1.807, 2.05) is 24.3 Å². The second kappa shape index (κ2) is 10.4. The van der Waals surface area contributed by atoms with Gasteiger partial charge in [0.1, 0.15) is 5.75 Å². The van der Waals surface area contributed by atoms with Crippen LogP contribution in [0.25, 0.3) is 0 Å². The van der Waals surface area contributed by atoms with Crippen LogP contribution in [0.1, 0.15) is 18.4 Å². The number of nitrogens with one attached hydrogen (secondary N) is 2. The minimum atomic E-state index is -0.943. The van der Waals surface area contributed by atoms with Crippen molar-refractivity contribution in [1.82, 2.24) is 10.6 Å². The Morgan fingerprint density at radius 3 is 2.50 bits per heavy atom. The van der Waals surface area contributed by atoms with Crippen molar-refractivity contribution in [3.05, 3.63) is 29.8 Å². The maximum absolute atomic E-state index is 11.4. The average molecular weight is 310 g/mol. The van der Waals surface area contributed by atoms with Gasteiger partial charge in [0.05, 0.1) is 13.0 Å². The van der Waals surface area contributed by atoms with Crippen molar-refractivity contribution in [1.29, 1.82) is 0 Å². The minimum Gasteiger partial charge on any atom is -0.494 e. The van der Waals surface area contributed by atoms with Crippen molar-refractivity contribution in [3.8, 4) is 5.75 Å². The fraction of sp³-hybridized carbons (Fsp3) is 0.467. The fourth-order valence-corrected chi connectivity index (χ4v) is 1.62. The number of rotatable bonds is 10. The third-order valence-electron chi connectivity index (χ3n) is 2.76. The number of carbonyl (C=O) groups is 2. The topological polar surface area (TPSA) is 96.9 Å². The maximum Gasteiger partial charge on any atom is 0.315 e. The number of benzene rings is 1. The van der Waals surface area contributed by atoms with Gasteiger partial charge in [-0.05, 0) is 17.7 Å². The van der Waals surface area contributed by atoms with Crippen LogP contribution >= 0.6 is 0 Å². The van der Waals surface area contributed by atoms with Gasteiger partial charge in [0.15, 0.2) is 0 Å². The number of urea groups is 1. The molecule has 0 saturated heterocycles. The molecule has 0 fully saturated rings. The zero-order valence-electron chi connectivity index (χ0n) is 12.6. The van der Waals surface area contributed by atoms with Crippen LogP contribution < -0.4 is 15.4 Å². The van der Waals surface area contributed by atoms with Crippen LogP contribution in [0.4, 0.5) is 4.79 Å².